The second-order valence-electron chi connectivity index (χ2n) is 4.90. The molecule has 0 aliphatic carbocycles. The molecule has 0 aliphatic heterocycles. The molecule has 0 spiro atoms. The molecule has 0 atom stereocenters. The predicted octanol–water partition coefficient (Wildman–Crippen LogP) is 5.08. The van der Waals surface area contributed by atoms with Crippen LogP contribution in [0, 0.1) is 6.92 Å². The second kappa shape index (κ2) is 5.67. The van der Waals surface area contributed by atoms with Crippen LogP contribution in [0.5, 0.6) is 5.75 Å². The van der Waals surface area contributed by atoms with Crippen molar-refractivity contribution in [2.75, 3.05) is 7.11 Å². The van der Waals surface area contributed by atoms with Crippen molar-refractivity contribution in [2.45, 2.75) is 6.92 Å². The molecule has 0 bridgehead atoms. The Hall–Kier alpha value is -1.97. The Labute approximate surface area is 137 Å². The third-order valence-corrected chi connectivity index (χ3v) is 4.10. The van der Waals surface area contributed by atoms with Crippen LogP contribution in [-0.2, 0) is 0 Å². The summed E-state index contributed by atoms with van der Waals surface area (Å²) in [5, 5.41) is 1.51. The fraction of sp³-hybridized carbons (Fsp3) is 0.118. The van der Waals surface area contributed by atoms with Crippen LogP contribution in [-0.4, -0.2) is 7.11 Å². The Balaban J connectivity index is 2.37. The minimum Gasteiger partial charge on any atom is -0.490 e. The van der Waals surface area contributed by atoms with Crippen LogP contribution in [0.2, 0.25) is 10.0 Å². The van der Waals surface area contributed by atoms with E-state index >= 15 is 0 Å². The summed E-state index contributed by atoms with van der Waals surface area (Å²) in [7, 11) is 1.44. The number of hydrogen-bond donors (Lipinski definition) is 0. The van der Waals surface area contributed by atoms with E-state index in [1.165, 1.54) is 7.11 Å². The summed E-state index contributed by atoms with van der Waals surface area (Å²) in [6, 6.07) is 10.4. The first-order valence-corrected chi connectivity index (χ1v) is 7.33. The number of fused-ring (bicyclic) bond motifs is 1. The average molecular weight is 335 g/mol. The maximum atomic E-state index is 12.6. The second-order valence-corrected chi connectivity index (χ2v) is 5.74. The first-order chi connectivity index (χ1) is 10.5. The quantitative estimate of drug-likeness (QED) is 0.655. The molecule has 22 heavy (non-hydrogen) atoms. The standard InChI is InChI=1S/C17H12Cl2O3/c1-9-7-14-12(8-13(9)19)15(20)17(21-2)16(22-14)10-3-5-11(18)6-4-10/h3-8H,1-2H3. The summed E-state index contributed by atoms with van der Waals surface area (Å²) in [6.45, 7) is 1.86. The normalized spacial score (nSPS) is 10.9. The molecule has 5 heteroatoms. The molecule has 2 aromatic carbocycles. The zero-order chi connectivity index (χ0) is 15.9. The highest BCUT2D eigenvalue weighted by Gasteiger charge is 2.17. The van der Waals surface area contributed by atoms with Crippen molar-refractivity contribution in [1.82, 2.24) is 0 Å². The fourth-order valence-corrected chi connectivity index (χ4v) is 2.56. The Morgan fingerprint density at radius 3 is 2.41 bits per heavy atom. The van der Waals surface area contributed by atoms with Gasteiger partial charge >= 0.3 is 0 Å². The van der Waals surface area contributed by atoms with Gasteiger partial charge in [-0.05, 0) is 48.9 Å². The SMILES string of the molecule is COc1c(-c2ccc(Cl)cc2)oc2cc(C)c(Cl)cc2c1=O. The summed E-state index contributed by atoms with van der Waals surface area (Å²) < 4.78 is 11.2. The van der Waals surface area contributed by atoms with Gasteiger partial charge in [0.25, 0.3) is 0 Å². The van der Waals surface area contributed by atoms with E-state index in [2.05, 4.69) is 0 Å². The minimum atomic E-state index is -0.254. The monoisotopic (exact) mass is 334 g/mol. The largest absolute Gasteiger partial charge is 0.490 e. The first kappa shape index (κ1) is 14.9. The molecule has 112 valence electrons. The van der Waals surface area contributed by atoms with Crippen molar-refractivity contribution in [3.63, 3.8) is 0 Å². The van der Waals surface area contributed by atoms with Crippen molar-refractivity contribution >= 4 is 34.2 Å². The molecule has 0 saturated heterocycles. The highest BCUT2D eigenvalue weighted by molar-refractivity contribution is 6.32. The van der Waals surface area contributed by atoms with Crippen LogP contribution < -0.4 is 10.2 Å². The smallest absolute Gasteiger partial charge is 0.235 e. The van der Waals surface area contributed by atoms with Gasteiger partial charge in [0.2, 0.25) is 11.2 Å². The Morgan fingerprint density at radius 2 is 1.77 bits per heavy atom. The maximum absolute atomic E-state index is 12.6. The van der Waals surface area contributed by atoms with Gasteiger partial charge in [0, 0.05) is 15.6 Å². The molecule has 0 amide bonds. The van der Waals surface area contributed by atoms with E-state index in [4.69, 9.17) is 32.4 Å². The van der Waals surface area contributed by atoms with Gasteiger partial charge in [-0.25, -0.2) is 0 Å². The van der Waals surface area contributed by atoms with E-state index < -0.39 is 0 Å². The fourth-order valence-electron chi connectivity index (χ4n) is 2.28. The number of aryl methyl sites for hydroxylation is 1. The lowest BCUT2D eigenvalue weighted by Gasteiger charge is -2.10. The Morgan fingerprint density at radius 1 is 1.09 bits per heavy atom. The Bertz CT molecular complexity index is 912. The highest BCUT2D eigenvalue weighted by Crippen LogP contribution is 2.32. The lowest BCUT2D eigenvalue weighted by molar-refractivity contribution is 0.398. The van der Waals surface area contributed by atoms with Crippen LogP contribution in [0.3, 0.4) is 0 Å². The first-order valence-electron chi connectivity index (χ1n) is 6.58. The molecule has 0 radical (unpaired) electrons. The molecule has 0 N–H and O–H groups in total. The summed E-state index contributed by atoms with van der Waals surface area (Å²) in [5.74, 6) is 0.521. The van der Waals surface area contributed by atoms with Gasteiger partial charge in [0.15, 0.2) is 5.76 Å². The summed E-state index contributed by atoms with van der Waals surface area (Å²) in [5.41, 5.74) is 1.77. The molecule has 3 rings (SSSR count). The van der Waals surface area contributed by atoms with Gasteiger partial charge in [-0.3, -0.25) is 4.79 Å². The lowest BCUT2D eigenvalue weighted by Crippen LogP contribution is -2.07. The third kappa shape index (κ3) is 2.47. The lowest BCUT2D eigenvalue weighted by atomic mass is 10.1. The van der Waals surface area contributed by atoms with Gasteiger partial charge in [-0.15, -0.1) is 0 Å². The number of rotatable bonds is 2. The van der Waals surface area contributed by atoms with E-state index in [0.717, 1.165) is 5.56 Å². The zero-order valence-electron chi connectivity index (χ0n) is 11.9. The van der Waals surface area contributed by atoms with Gasteiger partial charge in [-0.2, -0.15) is 0 Å². The van der Waals surface area contributed by atoms with Crippen LogP contribution in [0.25, 0.3) is 22.3 Å². The molecule has 0 aliphatic rings. The zero-order valence-corrected chi connectivity index (χ0v) is 13.5. The number of halogens is 2. The number of methoxy groups -OCH3 is 1. The molecule has 1 heterocycles. The third-order valence-electron chi connectivity index (χ3n) is 3.44. The topological polar surface area (TPSA) is 39.4 Å². The molecule has 0 fully saturated rings. The van der Waals surface area contributed by atoms with E-state index in [1.807, 2.05) is 6.92 Å². The Kier molecular flexibility index (Phi) is 3.85. The van der Waals surface area contributed by atoms with Crippen LogP contribution >= 0.6 is 23.2 Å². The van der Waals surface area contributed by atoms with Crippen molar-refractivity contribution in [1.29, 1.82) is 0 Å². The van der Waals surface area contributed by atoms with Crippen molar-refractivity contribution in [3.8, 4) is 17.1 Å². The van der Waals surface area contributed by atoms with Crippen LogP contribution in [0.4, 0.5) is 0 Å². The van der Waals surface area contributed by atoms with E-state index in [-0.39, 0.29) is 11.2 Å². The van der Waals surface area contributed by atoms with Crippen LogP contribution in [0.15, 0.2) is 45.6 Å². The number of ether oxygens (including phenoxy) is 1. The molecule has 0 saturated carbocycles. The molecule has 3 aromatic rings. The van der Waals surface area contributed by atoms with Gasteiger partial charge < -0.3 is 9.15 Å². The van der Waals surface area contributed by atoms with Crippen molar-refractivity contribution < 1.29 is 9.15 Å². The molecular formula is C17H12Cl2O3. The molecular weight excluding hydrogens is 323 g/mol. The van der Waals surface area contributed by atoms with Gasteiger partial charge in [0.05, 0.1) is 12.5 Å². The maximum Gasteiger partial charge on any atom is 0.235 e. The van der Waals surface area contributed by atoms with Gasteiger partial charge in [-0.1, -0.05) is 23.2 Å². The van der Waals surface area contributed by atoms with Crippen molar-refractivity contribution in [3.05, 3.63) is 62.2 Å². The summed E-state index contributed by atoms with van der Waals surface area (Å²) >= 11 is 12.0. The number of benzene rings is 2. The average Bonchev–Trinajstić information content (AvgIpc) is 2.50. The number of hydrogen-bond acceptors (Lipinski definition) is 3. The molecule has 1 aromatic heterocycles. The predicted molar refractivity (Wildman–Crippen MR) is 89.2 cm³/mol. The van der Waals surface area contributed by atoms with E-state index in [0.29, 0.717) is 32.3 Å². The van der Waals surface area contributed by atoms with Gasteiger partial charge in [0.1, 0.15) is 5.58 Å². The summed E-state index contributed by atoms with van der Waals surface area (Å²) in [6.07, 6.45) is 0. The highest BCUT2D eigenvalue weighted by atomic mass is 35.5. The van der Waals surface area contributed by atoms with Crippen molar-refractivity contribution in [2.24, 2.45) is 0 Å². The minimum absolute atomic E-state index is 0.148. The van der Waals surface area contributed by atoms with Crippen LogP contribution in [0.1, 0.15) is 5.56 Å². The summed E-state index contributed by atoms with van der Waals surface area (Å²) in [4.78, 5) is 12.6. The van der Waals surface area contributed by atoms with E-state index in [9.17, 15) is 4.79 Å². The van der Waals surface area contributed by atoms with E-state index in [1.54, 1.807) is 36.4 Å². The molecule has 3 nitrogen and oxygen atoms in total. The molecule has 0 unspecified atom stereocenters.